The fourth-order valence-electron chi connectivity index (χ4n) is 5.56. The maximum Gasteiger partial charge on any atom is 0.224 e. The minimum absolute atomic E-state index is 0.168. The highest BCUT2D eigenvalue weighted by Gasteiger charge is 2.24. The van der Waals surface area contributed by atoms with E-state index in [1.54, 1.807) is 0 Å². The van der Waals surface area contributed by atoms with E-state index in [9.17, 15) is 5.11 Å². The molecule has 0 amide bonds. The van der Waals surface area contributed by atoms with Crippen LogP contribution in [0.15, 0.2) is 36.7 Å². The second kappa shape index (κ2) is 11.1. The Morgan fingerprint density at radius 3 is 2.57 bits per heavy atom. The van der Waals surface area contributed by atoms with Crippen LogP contribution >= 0.6 is 0 Å². The summed E-state index contributed by atoms with van der Waals surface area (Å²) in [4.78, 5) is 12.2. The fourth-order valence-corrected chi connectivity index (χ4v) is 5.56. The molecule has 0 spiro atoms. The van der Waals surface area contributed by atoms with Crippen molar-refractivity contribution in [1.82, 2.24) is 24.8 Å². The Hall–Kier alpha value is -2.48. The highest BCUT2D eigenvalue weighted by atomic mass is 16.3. The van der Waals surface area contributed by atoms with E-state index < -0.39 is 0 Å². The van der Waals surface area contributed by atoms with Crippen molar-refractivity contribution in [3.63, 3.8) is 0 Å². The van der Waals surface area contributed by atoms with Crippen LogP contribution in [0.3, 0.4) is 0 Å². The third kappa shape index (κ3) is 5.37. The average molecular weight is 477 g/mol. The summed E-state index contributed by atoms with van der Waals surface area (Å²) in [5.74, 6) is 0.702. The summed E-state index contributed by atoms with van der Waals surface area (Å²) >= 11 is 0. The van der Waals surface area contributed by atoms with Crippen LogP contribution < -0.4 is 10.6 Å². The number of unbranched alkanes of at least 4 members (excludes halogenated alkanes) is 1. The Balaban J connectivity index is 1.45. The van der Waals surface area contributed by atoms with Gasteiger partial charge < -0.3 is 20.3 Å². The Labute approximate surface area is 209 Å². The van der Waals surface area contributed by atoms with Gasteiger partial charge in [0.2, 0.25) is 5.95 Å². The number of nitrogens with one attached hydrogen (secondary N) is 2. The first-order chi connectivity index (χ1) is 17.1. The zero-order chi connectivity index (χ0) is 24.2. The van der Waals surface area contributed by atoms with Gasteiger partial charge in [0.05, 0.1) is 6.10 Å². The van der Waals surface area contributed by atoms with E-state index in [1.807, 2.05) is 6.20 Å². The van der Waals surface area contributed by atoms with E-state index in [0.717, 1.165) is 82.3 Å². The Morgan fingerprint density at radius 1 is 1.11 bits per heavy atom. The molecule has 1 saturated heterocycles. The highest BCUT2D eigenvalue weighted by Crippen LogP contribution is 2.37. The molecular formula is C28H40N6O. The van der Waals surface area contributed by atoms with E-state index in [4.69, 9.17) is 4.98 Å². The van der Waals surface area contributed by atoms with Crippen molar-refractivity contribution in [3.8, 4) is 11.1 Å². The van der Waals surface area contributed by atoms with Gasteiger partial charge in [0.15, 0.2) is 0 Å². The van der Waals surface area contributed by atoms with Crippen molar-refractivity contribution in [1.29, 1.82) is 0 Å². The molecule has 1 atom stereocenters. The third-order valence-corrected chi connectivity index (χ3v) is 7.85. The predicted molar refractivity (Wildman–Crippen MR) is 143 cm³/mol. The average Bonchev–Trinajstić information content (AvgIpc) is 3.28. The number of fused-ring (bicyclic) bond motifs is 1. The van der Waals surface area contributed by atoms with E-state index in [0.29, 0.717) is 18.0 Å². The smallest absolute Gasteiger partial charge is 0.224 e. The lowest BCUT2D eigenvalue weighted by Crippen LogP contribution is -2.44. The standard InChI is InChI=1S/C28H40N6O/c1-3-4-13-30-28-31-18-25-26(19-34(27(25)32-28)23-9-11-24(35)12-10-23)22-7-5-21(6-8-22)20(2)33-16-14-29-15-17-33/h5-8,18-20,23-24,29,35H,3-4,9-17H2,1-2H3,(H,30,31,32)/t20?,23-,24-. The molecule has 2 fully saturated rings. The molecule has 0 radical (unpaired) electrons. The van der Waals surface area contributed by atoms with E-state index in [1.165, 1.54) is 16.7 Å². The lowest BCUT2D eigenvalue weighted by Gasteiger charge is -2.33. The van der Waals surface area contributed by atoms with Gasteiger partial charge in [-0.15, -0.1) is 0 Å². The lowest BCUT2D eigenvalue weighted by molar-refractivity contribution is 0.111. The first-order valence-electron chi connectivity index (χ1n) is 13.5. The SMILES string of the molecule is CCCCNc1ncc2c(-c3ccc(C(C)N4CCNCC4)cc3)cn([C@H]3CC[C@H](O)CC3)c2n1. The van der Waals surface area contributed by atoms with Crippen LogP contribution in [-0.4, -0.2) is 63.4 Å². The summed E-state index contributed by atoms with van der Waals surface area (Å²) in [6.07, 6.45) is 10.00. The van der Waals surface area contributed by atoms with Crippen LogP contribution in [0.5, 0.6) is 0 Å². The molecule has 0 bridgehead atoms. The minimum atomic E-state index is -0.168. The molecule has 5 rings (SSSR count). The molecule has 3 heterocycles. The van der Waals surface area contributed by atoms with Crippen LogP contribution in [0.4, 0.5) is 5.95 Å². The van der Waals surface area contributed by atoms with E-state index in [2.05, 4.69) is 69.4 Å². The molecule has 2 aromatic heterocycles. The number of piperazine rings is 1. The number of hydrogen-bond donors (Lipinski definition) is 3. The minimum Gasteiger partial charge on any atom is -0.393 e. The Morgan fingerprint density at radius 2 is 1.86 bits per heavy atom. The molecule has 1 unspecified atom stereocenters. The number of hydrogen-bond acceptors (Lipinski definition) is 6. The summed E-state index contributed by atoms with van der Waals surface area (Å²) in [5.41, 5.74) is 4.75. The first kappa shape index (κ1) is 24.2. The highest BCUT2D eigenvalue weighted by molar-refractivity contribution is 5.94. The molecule has 35 heavy (non-hydrogen) atoms. The van der Waals surface area contributed by atoms with Crippen molar-refractivity contribution in [2.24, 2.45) is 0 Å². The van der Waals surface area contributed by atoms with Crippen molar-refractivity contribution in [2.75, 3.05) is 38.0 Å². The van der Waals surface area contributed by atoms with Gasteiger partial charge in [0.1, 0.15) is 5.65 Å². The van der Waals surface area contributed by atoms with Gasteiger partial charge in [-0.2, -0.15) is 4.98 Å². The maximum atomic E-state index is 10.0. The molecule has 1 aromatic carbocycles. The van der Waals surface area contributed by atoms with Crippen LogP contribution in [0.2, 0.25) is 0 Å². The van der Waals surface area contributed by atoms with Crippen molar-refractivity contribution in [3.05, 3.63) is 42.2 Å². The molecule has 3 N–H and O–H groups in total. The van der Waals surface area contributed by atoms with Crippen molar-refractivity contribution < 1.29 is 5.11 Å². The Kier molecular flexibility index (Phi) is 7.66. The zero-order valence-corrected chi connectivity index (χ0v) is 21.2. The number of benzene rings is 1. The molecular weight excluding hydrogens is 436 g/mol. The van der Waals surface area contributed by atoms with Gasteiger partial charge in [-0.05, 0) is 50.2 Å². The second-order valence-electron chi connectivity index (χ2n) is 10.2. The summed E-state index contributed by atoms with van der Waals surface area (Å²) < 4.78 is 2.35. The molecule has 7 nitrogen and oxygen atoms in total. The van der Waals surface area contributed by atoms with Crippen molar-refractivity contribution >= 4 is 17.0 Å². The summed E-state index contributed by atoms with van der Waals surface area (Å²) in [6, 6.07) is 9.85. The van der Waals surface area contributed by atoms with Gasteiger partial charge in [-0.1, -0.05) is 37.6 Å². The maximum absolute atomic E-state index is 10.0. The first-order valence-corrected chi connectivity index (χ1v) is 13.5. The molecule has 2 aliphatic rings. The monoisotopic (exact) mass is 476 g/mol. The number of aromatic nitrogens is 3. The van der Waals surface area contributed by atoms with Gasteiger partial charge in [0.25, 0.3) is 0 Å². The largest absolute Gasteiger partial charge is 0.393 e. The number of nitrogens with zero attached hydrogens (tertiary/aromatic N) is 4. The van der Waals surface area contributed by atoms with Crippen LogP contribution in [0, 0.1) is 0 Å². The normalized spacial score (nSPS) is 22.4. The lowest BCUT2D eigenvalue weighted by atomic mass is 9.93. The molecule has 7 heteroatoms. The number of rotatable bonds is 8. The molecule has 188 valence electrons. The number of anilines is 1. The van der Waals surface area contributed by atoms with Gasteiger partial charge in [0, 0.05) is 68.2 Å². The van der Waals surface area contributed by atoms with Gasteiger partial charge in [-0.25, -0.2) is 4.98 Å². The topological polar surface area (TPSA) is 78.2 Å². The van der Waals surface area contributed by atoms with Crippen molar-refractivity contribution in [2.45, 2.75) is 70.6 Å². The van der Waals surface area contributed by atoms with Gasteiger partial charge in [-0.3, -0.25) is 4.90 Å². The molecule has 1 saturated carbocycles. The van der Waals surface area contributed by atoms with Crippen LogP contribution in [0.1, 0.15) is 70.0 Å². The molecule has 1 aliphatic carbocycles. The fraction of sp³-hybridized carbons (Fsp3) is 0.571. The zero-order valence-electron chi connectivity index (χ0n) is 21.2. The summed E-state index contributed by atoms with van der Waals surface area (Å²) in [5, 5.41) is 18.0. The number of aliphatic hydroxyl groups excluding tert-OH is 1. The van der Waals surface area contributed by atoms with E-state index in [-0.39, 0.29) is 6.10 Å². The number of aliphatic hydroxyl groups is 1. The predicted octanol–water partition coefficient (Wildman–Crippen LogP) is 4.75. The molecule has 1 aliphatic heterocycles. The third-order valence-electron chi connectivity index (χ3n) is 7.85. The van der Waals surface area contributed by atoms with Crippen LogP contribution in [-0.2, 0) is 0 Å². The quantitative estimate of drug-likeness (QED) is 0.407. The van der Waals surface area contributed by atoms with Gasteiger partial charge >= 0.3 is 0 Å². The second-order valence-corrected chi connectivity index (χ2v) is 10.2. The van der Waals surface area contributed by atoms with Crippen LogP contribution in [0.25, 0.3) is 22.2 Å². The Bertz CT molecular complexity index is 1100. The summed E-state index contributed by atoms with van der Waals surface area (Å²) in [6.45, 7) is 9.71. The van der Waals surface area contributed by atoms with E-state index >= 15 is 0 Å². The molecule has 3 aromatic rings. The summed E-state index contributed by atoms with van der Waals surface area (Å²) in [7, 11) is 0.